The summed E-state index contributed by atoms with van der Waals surface area (Å²) >= 11 is 0. The van der Waals surface area contributed by atoms with E-state index in [0.717, 1.165) is 24.1 Å². The first-order chi connectivity index (χ1) is 8.97. The predicted molar refractivity (Wildman–Crippen MR) is 73.4 cm³/mol. The van der Waals surface area contributed by atoms with Gasteiger partial charge in [-0.2, -0.15) is 0 Å². The molecule has 5 nitrogen and oxygen atoms in total. The van der Waals surface area contributed by atoms with Crippen molar-refractivity contribution in [2.24, 2.45) is 5.92 Å². The van der Waals surface area contributed by atoms with Gasteiger partial charge in [-0.15, -0.1) is 0 Å². The highest BCUT2D eigenvalue weighted by Gasteiger charge is 2.23. The summed E-state index contributed by atoms with van der Waals surface area (Å²) < 4.78 is 25.8. The van der Waals surface area contributed by atoms with Crippen molar-refractivity contribution >= 4 is 21.6 Å². The van der Waals surface area contributed by atoms with Gasteiger partial charge < -0.3 is 5.32 Å². The summed E-state index contributed by atoms with van der Waals surface area (Å²) in [6.07, 6.45) is 2.25. The lowest BCUT2D eigenvalue weighted by Gasteiger charge is -2.10. The number of carbonyl (C=O) groups is 1. The first-order valence-corrected chi connectivity index (χ1v) is 7.83. The number of aryl methyl sites for hydroxylation is 1. The number of benzene rings is 1. The van der Waals surface area contributed by atoms with Crippen LogP contribution in [-0.4, -0.2) is 21.4 Å². The number of rotatable bonds is 3. The van der Waals surface area contributed by atoms with Gasteiger partial charge in [0.2, 0.25) is 15.9 Å². The summed E-state index contributed by atoms with van der Waals surface area (Å²) in [7, 11) is -2.05. The monoisotopic (exact) mass is 282 g/mol. The number of amides is 1. The standard InChI is InChI=1S/C13H18N2O3S/c1-3-9-4-5-10-8-11(19(17,18)14-2)6-7-12(10)15-13(9)16/h6-9,14H,3-5H2,1-2H3,(H,15,16). The van der Waals surface area contributed by atoms with E-state index in [1.54, 1.807) is 12.1 Å². The van der Waals surface area contributed by atoms with Crippen molar-refractivity contribution in [1.82, 2.24) is 4.72 Å². The number of nitrogens with one attached hydrogen (secondary N) is 2. The largest absolute Gasteiger partial charge is 0.326 e. The number of fused-ring (bicyclic) bond motifs is 1. The molecular formula is C13H18N2O3S. The van der Waals surface area contributed by atoms with Crippen LogP contribution >= 0.6 is 0 Å². The zero-order chi connectivity index (χ0) is 14.0. The Labute approximate surface area is 113 Å². The molecule has 1 amide bonds. The molecule has 1 aliphatic heterocycles. The lowest BCUT2D eigenvalue weighted by atomic mass is 9.98. The second kappa shape index (κ2) is 5.30. The van der Waals surface area contributed by atoms with E-state index in [1.165, 1.54) is 13.1 Å². The molecule has 104 valence electrons. The maximum Gasteiger partial charge on any atom is 0.240 e. The molecule has 0 fully saturated rings. The van der Waals surface area contributed by atoms with Crippen LogP contribution in [0.1, 0.15) is 25.3 Å². The molecule has 6 heteroatoms. The molecule has 1 aliphatic rings. The van der Waals surface area contributed by atoms with Crippen molar-refractivity contribution in [3.8, 4) is 0 Å². The molecule has 2 N–H and O–H groups in total. The van der Waals surface area contributed by atoms with E-state index < -0.39 is 10.0 Å². The van der Waals surface area contributed by atoms with Gasteiger partial charge in [0.15, 0.2) is 0 Å². The van der Waals surface area contributed by atoms with Crippen LogP contribution in [0.25, 0.3) is 0 Å². The first-order valence-electron chi connectivity index (χ1n) is 6.35. The third kappa shape index (κ3) is 2.79. The number of anilines is 1. The van der Waals surface area contributed by atoms with Crippen LogP contribution in [0.2, 0.25) is 0 Å². The maximum atomic E-state index is 11.9. The minimum Gasteiger partial charge on any atom is -0.326 e. The Morgan fingerprint density at radius 2 is 2.16 bits per heavy atom. The Balaban J connectivity index is 2.38. The van der Waals surface area contributed by atoms with E-state index in [1.807, 2.05) is 6.92 Å². The molecule has 1 unspecified atom stereocenters. The number of sulfonamides is 1. The van der Waals surface area contributed by atoms with Gasteiger partial charge in [0.25, 0.3) is 0 Å². The van der Waals surface area contributed by atoms with Crippen molar-refractivity contribution in [2.45, 2.75) is 31.1 Å². The summed E-state index contributed by atoms with van der Waals surface area (Å²) in [6.45, 7) is 1.98. The third-order valence-corrected chi connectivity index (χ3v) is 4.95. The highest BCUT2D eigenvalue weighted by molar-refractivity contribution is 7.89. The van der Waals surface area contributed by atoms with Crippen LogP contribution in [0, 0.1) is 5.92 Å². The Kier molecular flexibility index (Phi) is 3.91. The SMILES string of the molecule is CCC1CCc2cc(S(=O)(=O)NC)ccc2NC1=O. The van der Waals surface area contributed by atoms with Gasteiger partial charge in [-0.25, -0.2) is 13.1 Å². The third-order valence-electron chi connectivity index (χ3n) is 3.54. The molecule has 1 aromatic rings. The second-order valence-electron chi connectivity index (χ2n) is 4.66. The minimum atomic E-state index is -3.44. The average Bonchev–Trinajstić information content (AvgIpc) is 2.56. The van der Waals surface area contributed by atoms with Crippen LogP contribution in [0.3, 0.4) is 0 Å². The molecule has 0 bridgehead atoms. The quantitative estimate of drug-likeness (QED) is 0.882. The van der Waals surface area contributed by atoms with E-state index in [4.69, 9.17) is 0 Å². The lowest BCUT2D eigenvalue weighted by Crippen LogP contribution is -2.20. The molecule has 0 aromatic heterocycles. The summed E-state index contributed by atoms with van der Waals surface area (Å²) in [6, 6.07) is 4.81. The van der Waals surface area contributed by atoms with E-state index >= 15 is 0 Å². The predicted octanol–water partition coefficient (Wildman–Crippen LogP) is 1.51. The van der Waals surface area contributed by atoms with Gasteiger partial charge in [0.05, 0.1) is 4.90 Å². The van der Waals surface area contributed by atoms with Gasteiger partial charge in [0, 0.05) is 11.6 Å². The van der Waals surface area contributed by atoms with Crippen LogP contribution < -0.4 is 10.0 Å². The molecule has 19 heavy (non-hydrogen) atoms. The van der Waals surface area contributed by atoms with Crippen molar-refractivity contribution in [2.75, 3.05) is 12.4 Å². The molecule has 0 saturated heterocycles. The topological polar surface area (TPSA) is 75.3 Å². The van der Waals surface area contributed by atoms with Gasteiger partial charge in [0.1, 0.15) is 0 Å². The Bertz CT molecular complexity index is 596. The summed E-state index contributed by atoms with van der Waals surface area (Å²) in [5, 5.41) is 2.87. The van der Waals surface area contributed by atoms with Crippen LogP contribution in [-0.2, 0) is 21.2 Å². The number of carbonyl (C=O) groups excluding carboxylic acids is 1. The Hall–Kier alpha value is -1.40. The smallest absolute Gasteiger partial charge is 0.240 e. The van der Waals surface area contributed by atoms with Crippen molar-refractivity contribution < 1.29 is 13.2 Å². The van der Waals surface area contributed by atoms with Crippen LogP contribution in [0.5, 0.6) is 0 Å². The zero-order valence-corrected chi connectivity index (χ0v) is 11.9. The van der Waals surface area contributed by atoms with E-state index in [0.29, 0.717) is 6.42 Å². The van der Waals surface area contributed by atoms with Gasteiger partial charge in [-0.3, -0.25) is 4.79 Å². The van der Waals surface area contributed by atoms with Crippen LogP contribution in [0.15, 0.2) is 23.1 Å². The molecule has 1 aromatic carbocycles. The average molecular weight is 282 g/mol. The van der Waals surface area contributed by atoms with E-state index in [-0.39, 0.29) is 16.7 Å². The fourth-order valence-corrected chi connectivity index (χ4v) is 3.05. The maximum absolute atomic E-state index is 11.9. The first kappa shape index (κ1) is 14.0. The molecule has 1 atom stereocenters. The molecule has 2 rings (SSSR count). The fourth-order valence-electron chi connectivity index (χ4n) is 2.27. The highest BCUT2D eigenvalue weighted by atomic mass is 32.2. The molecule has 0 spiro atoms. The summed E-state index contributed by atoms with van der Waals surface area (Å²) in [5.41, 5.74) is 1.59. The minimum absolute atomic E-state index is 0.00300. The second-order valence-corrected chi connectivity index (χ2v) is 6.55. The number of hydrogen-bond acceptors (Lipinski definition) is 3. The highest BCUT2D eigenvalue weighted by Crippen LogP contribution is 2.28. The summed E-state index contributed by atoms with van der Waals surface area (Å²) in [5.74, 6) is 0.0160. The fraction of sp³-hybridized carbons (Fsp3) is 0.462. The van der Waals surface area contributed by atoms with Crippen molar-refractivity contribution in [3.63, 3.8) is 0 Å². The molecule has 1 heterocycles. The Morgan fingerprint density at radius 1 is 1.42 bits per heavy atom. The number of hydrogen-bond donors (Lipinski definition) is 2. The van der Waals surface area contributed by atoms with Crippen molar-refractivity contribution in [3.05, 3.63) is 23.8 Å². The van der Waals surface area contributed by atoms with Gasteiger partial charge >= 0.3 is 0 Å². The Morgan fingerprint density at radius 3 is 2.79 bits per heavy atom. The van der Waals surface area contributed by atoms with Crippen molar-refractivity contribution in [1.29, 1.82) is 0 Å². The van der Waals surface area contributed by atoms with Gasteiger partial charge in [-0.1, -0.05) is 6.92 Å². The van der Waals surface area contributed by atoms with E-state index in [9.17, 15) is 13.2 Å². The molecule has 0 saturated carbocycles. The molecule has 0 radical (unpaired) electrons. The lowest BCUT2D eigenvalue weighted by molar-refractivity contribution is -0.120. The van der Waals surface area contributed by atoms with E-state index in [2.05, 4.69) is 10.0 Å². The zero-order valence-electron chi connectivity index (χ0n) is 11.1. The normalized spacial score (nSPS) is 19.5. The van der Waals surface area contributed by atoms with Crippen LogP contribution in [0.4, 0.5) is 5.69 Å². The van der Waals surface area contributed by atoms with Gasteiger partial charge in [-0.05, 0) is 50.1 Å². The molecular weight excluding hydrogens is 264 g/mol. The molecule has 0 aliphatic carbocycles. The summed E-state index contributed by atoms with van der Waals surface area (Å²) in [4.78, 5) is 12.1.